The second kappa shape index (κ2) is 5.49. The van der Waals surface area contributed by atoms with Crippen LogP contribution >= 0.6 is 0 Å². The number of rotatable bonds is 4. The average Bonchev–Trinajstić information content (AvgIpc) is 2.77. The molecule has 0 bridgehead atoms. The third-order valence-electron chi connectivity index (χ3n) is 3.27. The Balaban J connectivity index is 2.14. The summed E-state index contributed by atoms with van der Waals surface area (Å²) in [4.78, 5) is 13.8. The molecule has 0 unspecified atom stereocenters. The number of aromatic nitrogens is 4. The number of benzene rings is 1. The van der Waals surface area contributed by atoms with Gasteiger partial charge in [0.1, 0.15) is 5.82 Å². The third-order valence-corrected chi connectivity index (χ3v) is 3.27. The van der Waals surface area contributed by atoms with Gasteiger partial charge in [-0.25, -0.2) is 4.57 Å². The van der Waals surface area contributed by atoms with E-state index in [1.165, 1.54) is 12.7 Å². The zero-order valence-corrected chi connectivity index (χ0v) is 12.3. The van der Waals surface area contributed by atoms with E-state index in [2.05, 4.69) is 32.1 Å². The Morgan fingerprint density at radius 2 is 2.00 bits per heavy atom. The Morgan fingerprint density at radius 1 is 1.24 bits per heavy atom. The predicted molar refractivity (Wildman–Crippen MR) is 79.0 cm³/mol. The van der Waals surface area contributed by atoms with Gasteiger partial charge in [0.25, 0.3) is 0 Å². The topological polar surface area (TPSA) is 57.9 Å². The van der Waals surface area contributed by atoms with E-state index in [9.17, 15) is 0 Å². The van der Waals surface area contributed by atoms with E-state index in [0.29, 0.717) is 11.6 Å². The van der Waals surface area contributed by atoms with E-state index in [-0.39, 0.29) is 0 Å². The highest BCUT2D eigenvalue weighted by Gasteiger charge is 2.16. The Kier molecular flexibility index (Phi) is 3.53. The second-order valence-corrected chi connectivity index (χ2v) is 4.88. The lowest BCUT2D eigenvalue weighted by Crippen LogP contribution is -2.26. The molecule has 0 aliphatic rings. The van der Waals surface area contributed by atoms with Crippen molar-refractivity contribution in [1.82, 2.24) is 14.5 Å². The van der Waals surface area contributed by atoms with Gasteiger partial charge in [0.05, 0.1) is 13.6 Å². The van der Waals surface area contributed by atoms with Crippen LogP contribution in [0, 0.1) is 6.92 Å². The molecule has 0 spiro atoms. The van der Waals surface area contributed by atoms with Crippen molar-refractivity contribution in [2.75, 3.05) is 7.11 Å². The zero-order valence-electron chi connectivity index (χ0n) is 12.3. The van der Waals surface area contributed by atoms with Gasteiger partial charge in [-0.3, -0.25) is 4.57 Å². The first-order valence-corrected chi connectivity index (χ1v) is 6.70. The highest BCUT2D eigenvalue weighted by atomic mass is 16.6. The largest absolute Gasteiger partial charge is 0.404 e. The minimum absolute atomic E-state index is 0.552. The van der Waals surface area contributed by atoms with Crippen molar-refractivity contribution >= 4 is 17.0 Å². The molecular formula is C15H17N5O. The van der Waals surface area contributed by atoms with Crippen LogP contribution in [0.3, 0.4) is 0 Å². The fourth-order valence-electron chi connectivity index (χ4n) is 2.41. The number of imidazole rings is 1. The summed E-state index contributed by atoms with van der Waals surface area (Å²) >= 11 is 0. The maximum Gasteiger partial charge on any atom is 0.301 e. The number of nitrogens with zero attached hydrogens (tertiary/aromatic N) is 5. The van der Waals surface area contributed by atoms with Crippen LogP contribution in [0.5, 0.6) is 0 Å². The molecule has 3 aromatic rings. The van der Waals surface area contributed by atoms with Crippen LogP contribution < -0.4 is 4.57 Å². The first-order valence-electron chi connectivity index (χ1n) is 6.70. The van der Waals surface area contributed by atoms with Gasteiger partial charge in [-0.05, 0) is 12.5 Å². The SMILES string of the molecule is CO[N-]c1nc(C)nc2c1n(Cc1ccccc1)c[n+]2C. The molecule has 1 aromatic carbocycles. The number of hydrogen-bond donors (Lipinski definition) is 0. The van der Waals surface area contributed by atoms with Gasteiger partial charge in [0.2, 0.25) is 0 Å². The summed E-state index contributed by atoms with van der Waals surface area (Å²) in [7, 11) is 3.49. The summed E-state index contributed by atoms with van der Waals surface area (Å²) in [6.45, 7) is 2.58. The van der Waals surface area contributed by atoms with Crippen LogP contribution in [0.25, 0.3) is 16.6 Å². The molecule has 2 heterocycles. The van der Waals surface area contributed by atoms with Gasteiger partial charge in [0.15, 0.2) is 11.8 Å². The normalized spacial score (nSPS) is 11.0. The molecule has 0 atom stereocenters. The Hall–Kier alpha value is -2.47. The van der Waals surface area contributed by atoms with Gasteiger partial charge in [-0.2, -0.15) is 0 Å². The third kappa shape index (κ3) is 2.57. The van der Waals surface area contributed by atoms with Crippen LogP contribution in [0.4, 0.5) is 5.82 Å². The lowest BCUT2D eigenvalue weighted by Gasteiger charge is -2.13. The maximum absolute atomic E-state index is 4.92. The Morgan fingerprint density at radius 3 is 2.71 bits per heavy atom. The van der Waals surface area contributed by atoms with Crippen molar-refractivity contribution in [3.05, 3.63) is 53.5 Å². The quantitative estimate of drug-likeness (QED) is 0.544. The molecule has 21 heavy (non-hydrogen) atoms. The Bertz CT molecular complexity index is 767. The average molecular weight is 283 g/mol. The molecule has 0 amide bonds. The monoisotopic (exact) mass is 283 g/mol. The minimum Gasteiger partial charge on any atom is -0.404 e. The molecule has 0 N–H and O–H groups in total. The van der Waals surface area contributed by atoms with Crippen LogP contribution in [-0.2, 0) is 18.4 Å². The van der Waals surface area contributed by atoms with Gasteiger partial charge < -0.3 is 15.3 Å². The Labute approximate surface area is 123 Å². The van der Waals surface area contributed by atoms with E-state index in [1.54, 1.807) is 0 Å². The molecule has 0 radical (unpaired) electrons. The van der Waals surface area contributed by atoms with Crippen LogP contribution in [0.2, 0.25) is 0 Å². The number of aryl methyl sites for hydroxylation is 2. The van der Waals surface area contributed by atoms with Crippen LogP contribution in [0.15, 0.2) is 36.7 Å². The molecule has 0 aliphatic heterocycles. The number of fused-ring (bicyclic) bond motifs is 1. The second-order valence-electron chi connectivity index (χ2n) is 4.88. The highest BCUT2D eigenvalue weighted by molar-refractivity contribution is 5.82. The highest BCUT2D eigenvalue weighted by Crippen LogP contribution is 2.25. The standard InChI is InChI=1S/C15H17N5O/c1-11-16-14(18-21-3)13-15(17-11)19(2)10-20(13)9-12-7-5-4-6-8-12/h4-8,10H,9H2,1-3H3. The molecule has 0 fully saturated rings. The first kappa shape index (κ1) is 13.5. The number of hydrogen-bond acceptors (Lipinski definition) is 3. The molecule has 0 saturated carbocycles. The van der Waals surface area contributed by atoms with Gasteiger partial charge >= 0.3 is 5.65 Å². The van der Waals surface area contributed by atoms with Gasteiger partial charge in [0, 0.05) is 12.9 Å². The van der Waals surface area contributed by atoms with E-state index in [4.69, 9.17) is 4.84 Å². The summed E-state index contributed by atoms with van der Waals surface area (Å²) in [6, 6.07) is 10.3. The smallest absolute Gasteiger partial charge is 0.301 e. The summed E-state index contributed by atoms with van der Waals surface area (Å²) in [5.74, 6) is 1.22. The summed E-state index contributed by atoms with van der Waals surface area (Å²) < 4.78 is 4.06. The minimum atomic E-state index is 0.552. The lowest BCUT2D eigenvalue weighted by molar-refractivity contribution is -0.647. The lowest BCUT2D eigenvalue weighted by atomic mass is 10.2. The van der Waals surface area contributed by atoms with Crippen molar-refractivity contribution in [1.29, 1.82) is 0 Å². The van der Waals surface area contributed by atoms with Crippen molar-refractivity contribution in [2.45, 2.75) is 13.5 Å². The van der Waals surface area contributed by atoms with Crippen molar-refractivity contribution in [2.24, 2.45) is 7.05 Å². The molecule has 0 aliphatic carbocycles. The predicted octanol–water partition coefficient (Wildman–Crippen LogP) is 2.18. The fourth-order valence-corrected chi connectivity index (χ4v) is 2.41. The van der Waals surface area contributed by atoms with Gasteiger partial charge in [-0.1, -0.05) is 30.3 Å². The summed E-state index contributed by atoms with van der Waals surface area (Å²) in [5.41, 5.74) is 6.94. The summed E-state index contributed by atoms with van der Waals surface area (Å²) in [6.07, 6.45) is 2.00. The molecule has 6 nitrogen and oxygen atoms in total. The van der Waals surface area contributed by atoms with Crippen LogP contribution in [-0.4, -0.2) is 21.6 Å². The molecule has 3 rings (SSSR count). The van der Waals surface area contributed by atoms with Crippen LogP contribution in [0.1, 0.15) is 11.4 Å². The molecule has 2 aromatic heterocycles. The van der Waals surface area contributed by atoms with E-state index in [0.717, 1.165) is 17.7 Å². The van der Waals surface area contributed by atoms with Gasteiger partial charge in [-0.15, -0.1) is 4.98 Å². The van der Waals surface area contributed by atoms with Crippen molar-refractivity contribution in [3.63, 3.8) is 0 Å². The molecule has 108 valence electrons. The fraction of sp³-hybridized carbons (Fsp3) is 0.267. The summed E-state index contributed by atoms with van der Waals surface area (Å²) in [5, 5.41) is 0. The van der Waals surface area contributed by atoms with E-state index in [1.807, 2.05) is 43.1 Å². The zero-order chi connectivity index (χ0) is 14.8. The van der Waals surface area contributed by atoms with E-state index < -0.39 is 0 Å². The molecular weight excluding hydrogens is 266 g/mol. The maximum atomic E-state index is 4.92. The van der Waals surface area contributed by atoms with Crippen molar-refractivity contribution in [3.8, 4) is 0 Å². The van der Waals surface area contributed by atoms with Crippen molar-refractivity contribution < 1.29 is 9.40 Å². The van der Waals surface area contributed by atoms with E-state index >= 15 is 0 Å². The molecule has 0 saturated heterocycles. The first-order chi connectivity index (χ1) is 10.2. The molecule has 6 heteroatoms.